The minimum atomic E-state index is 0.107. The molecule has 0 aliphatic carbocycles. The van der Waals surface area contributed by atoms with E-state index in [1.165, 1.54) is 0 Å². The van der Waals surface area contributed by atoms with Crippen LogP contribution in [0.4, 0.5) is 0 Å². The van der Waals surface area contributed by atoms with Gasteiger partial charge in [-0.25, -0.2) is 0 Å². The van der Waals surface area contributed by atoms with Gasteiger partial charge < -0.3 is 15.3 Å². The molecule has 0 saturated heterocycles. The normalized spacial score (nSPS) is 13.8. The van der Waals surface area contributed by atoms with Crippen LogP contribution in [0.1, 0.15) is 18.1 Å². The molecule has 21 heavy (non-hydrogen) atoms. The lowest BCUT2D eigenvalue weighted by Crippen LogP contribution is -2.20. The van der Waals surface area contributed by atoms with Crippen molar-refractivity contribution in [1.29, 1.82) is 0 Å². The van der Waals surface area contributed by atoms with Crippen LogP contribution in [0.2, 0.25) is 0 Å². The maximum absolute atomic E-state index is 9.65. The molecule has 0 aliphatic heterocycles. The van der Waals surface area contributed by atoms with Gasteiger partial charge >= 0.3 is 0 Å². The summed E-state index contributed by atoms with van der Waals surface area (Å²) in [6, 6.07) is 14.4. The van der Waals surface area contributed by atoms with Gasteiger partial charge in [0, 0.05) is 6.61 Å². The standard InChI is InChI=1S/C18H22O3/c1-13(8-14-4-2-6-17(20)10-14)16(12-19)9-15-5-3-7-18(21)11-15/h2-7,10-11,13,16,19-21H,8-9,12H2,1H3. The Kier molecular flexibility index (Phi) is 5.23. The molecule has 0 heterocycles. The van der Waals surface area contributed by atoms with Crippen LogP contribution in [0.25, 0.3) is 0 Å². The van der Waals surface area contributed by atoms with E-state index >= 15 is 0 Å². The summed E-state index contributed by atoms with van der Waals surface area (Å²) in [7, 11) is 0. The lowest BCUT2D eigenvalue weighted by Gasteiger charge is -2.22. The maximum atomic E-state index is 9.65. The second kappa shape index (κ2) is 7.14. The lowest BCUT2D eigenvalue weighted by atomic mass is 9.84. The van der Waals surface area contributed by atoms with Crippen LogP contribution in [-0.2, 0) is 12.8 Å². The lowest BCUT2D eigenvalue weighted by molar-refractivity contribution is 0.181. The van der Waals surface area contributed by atoms with Crippen LogP contribution in [0, 0.1) is 11.8 Å². The molecule has 3 N–H and O–H groups in total. The summed E-state index contributed by atoms with van der Waals surface area (Å²) in [5.74, 6) is 0.923. The number of aromatic hydroxyl groups is 2. The van der Waals surface area contributed by atoms with Crippen molar-refractivity contribution >= 4 is 0 Å². The van der Waals surface area contributed by atoms with E-state index in [1.54, 1.807) is 24.3 Å². The number of phenolic OH excluding ortho intramolecular Hbond substituents is 2. The molecule has 0 radical (unpaired) electrons. The molecule has 0 aromatic heterocycles. The number of rotatable bonds is 6. The number of aliphatic hydroxyl groups excluding tert-OH is 1. The Hall–Kier alpha value is -2.00. The van der Waals surface area contributed by atoms with Gasteiger partial charge in [-0.2, -0.15) is 0 Å². The van der Waals surface area contributed by atoms with E-state index in [-0.39, 0.29) is 29.9 Å². The predicted octanol–water partition coefficient (Wildman–Crippen LogP) is 3.13. The molecule has 0 amide bonds. The van der Waals surface area contributed by atoms with Crippen molar-refractivity contribution in [3.63, 3.8) is 0 Å². The first kappa shape index (κ1) is 15.4. The van der Waals surface area contributed by atoms with E-state index in [0.717, 1.165) is 24.0 Å². The second-order valence-corrected chi connectivity index (χ2v) is 5.67. The zero-order valence-corrected chi connectivity index (χ0v) is 12.2. The molecule has 0 fully saturated rings. The monoisotopic (exact) mass is 286 g/mol. The van der Waals surface area contributed by atoms with Gasteiger partial charge in [0.2, 0.25) is 0 Å². The van der Waals surface area contributed by atoms with Gasteiger partial charge in [0.15, 0.2) is 0 Å². The summed E-state index contributed by atoms with van der Waals surface area (Å²) in [6.07, 6.45) is 1.53. The summed E-state index contributed by atoms with van der Waals surface area (Å²) in [6.45, 7) is 2.21. The molecule has 3 heteroatoms. The summed E-state index contributed by atoms with van der Waals surface area (Å²) in [4.78, 5) is 0. The van der Waals surface area contributed by atoms with Crippen molar-refractivity contribution < 1.29 is 15.3 Å². The van der Waals surface area contributed by atoms with E-state index in [2.05, 4.69) is 6.92 Å². The highest BCUT2D eigenvalue weighted by Crippen LogP contribution is 2.24. The van der Waals surface area contributed by atoms with Crippen LogP contribution in [0.15, 0.2) is 48.5 Å². The summed E-state index contributed by atoms with van der Waals surface area (Å²) in [5, 5.41) is 28.7. The van der Waals surface area contributed by atoms with Gasteiger partial charge in [-0.3, -0.25) is 0 Å². The summed E-state index contributed by atoms with van der Waals surface area (Å²) in [5.41, 5.74) is 2.09. The van der Waals surface area contributed by atoms with Gasteiger partial charge in [-0.15, -0.1) is 0 Å². The first-order chi connectivity index (χ1) is 10.1. The molecule has 3 nitrogen and oxygen atoms in total. The Morgan fingerprint density at radius 1 is 0.857 bits per heavy atom. The van der Waals surface area contributed by atoms with E-state index in [9.17, 15) is 15.3 Å². The fourth-order valence-corrected chi connectivity index (χ4v) is 2.65. The fourth-order valence-electron chi connectivity index (χ4n) is 2.65. The Bertz CT molecular complexity index is 580. The number of phenols is 2. The molecular weight excluding hydrogens is 264 g/mol. The van der Waals surface area contributed by atoms with Crippen LogP contribution in [0.5, 0.6) is 11.5 Å². The molecule has 2 atom stereocenters. The van der Waals surface area contributed by atoms with E-state index in [4.69, 9.17) is 0 Å². The van der Waals surface area contributed by atoms with Crippen molar-refractivity contribution in [3.05, 3.63) is 59.7 Å². The molecule has 0 aliphatic rings. The van der Waals surface area contributed by atoms with Crippen molar-refractivity contribution in [2.75, 3.05) is 6.61 Å². The maximum Gasteiger partial charge on any atom is 0.115 e. The molecule has 0 bridgehead atoms. The molecule has 0 spiro atoms. The molecule has 2 unspecified atom stereocenters. The Morgan fingerprint density at radius 3 is 1.86 bits per heavy atom. The van der Waals surface area contributed by atoms with Crippen LogP contribution in [-0.4, -0.2) is 21.9 Å². The minimum Gasteiger partial charge on any atom is -0.508 e. The molecule has 0 saturated carbocycles. The van der Waals surface area contributed by atoms with Crippen molar-refractivity contribution in [2.45, 2.75) is 19.8 Å². The van der Waals surface area contributed by atoms with Crippen LogP contribution >= 0.6 is 0 Å². The van der Waals surface area contributed by atoms with Crippen molar-refractivity contribution in [2.24, 2.45) is 11.8 Å². The largest absolute Gasteiger partial charge is 0.508 e. The van der Waals surface area contributed by atoms with Crippen molar-refractivity contribution in [3.8, 4) is 11.5 Å². The highest BCUT2D eigenvalue weighted by atomic mass is 16.3. The Labute approximate surface area is 125 Å². The Balaban J connectivity index is 2.03. The quantitative estimate of drug-likeness (QED) is 0.764. The van der Waals surface area contributed by atoms with Gasteiger partial charge in [0.25, 0.3) is 0 Å². The number of hydrogen-bond donors (Lipinski definition) is 3. The van der Waals surface area contributed by atoms with Gasteiger partial charge in [0.1, 0.15) is 11.5 Å². The molecule has 112 valence electrons. The topological polar surface area (TPSA) is 60.7 Å². The van der Waals surface area contributed by atoms with Crippen molar-refractivity contribution in [1.82, 2.24) is 0 Å². The average Bonchev–Trinajstić information content (AvgIpc) is 2.44. The third-order valence-corrected chi connectivity index (χ3v) is 3.92. The highest BCUT2D eigenvalue weighted by Gasteiger charge is 2.18. The molecule has 2 rings (SSSR count). The third kappa shape index (κ3) is 4.50. The smallest absolute Gasteiger partial charge is 0.115 e. The predicted molar refractivity (Wildman–Crippen MR) is 83.4 cm³/mol. The third-order valence-electron chi connectivity index (χ3n) is 3.92. The first-order valence-electron chi connectivity index (χ1n) is 7.25. The van der Waals surface area contributed by atoms with Crippen LogP contribution in [0.3, 0.4) is 0 Å². The van der Waals surface area contributed by atoms with Gasteiger partial charge in [0.05, 0.1) is 0 Å². The van der Waals surface area contributed by atoms with E-state index in [1.807, 2.05) is 24.3 Å². The van der Waals surface area contributed by atoms with Gasteiger partial charge in [-0.1, -0.05) is 31.2 Å². The second-order valence-electron chi connectivity index (χ2n) is 5.67. The number of hydrogen-bond acceptors (Lipinski definition) is 3. The summed E-state index contributed by atoms with van der Waals surface area (Å²) >= 11 is 0. The SMILES string of the molecule is CC(Cc1cccc(O)c1)C(CO)Cc1cccc(O)c1. The fraction of sp³-hybridized carbons (Fsp3) is 0.333. The van der Waals surface area contributed by atoms with E-state index < -0.39 is 0 Å². The van der Waals surface area contributed by atoms with Gasteiger partial charge in [-0.05, 0) is 60.1 Å². The summed E-state index contributed by atoms with van der Waals surface area (Å²) < 4.78 is 0. The zero-order chi connectivity index (χ0) is 15.2. The average molecular weight is 286 g/mol. The number of benzene rings is 2. The highest BCUT2D eigenvalue weighted by molar-refractivity contribution is 5.28. The minimum absolute atomic E-state index is 0.107. The first-order valence-corrected chi connectivity index (χ1v) is 7.25. The number of aliphatic hydroxyl groups is 1. The zero-order valence-electron chi connectivity index (χ0n) is 12.2. The molecular formula is C18H22O3. The van der Waals surface area contributed by atoms with E-state index in [0.29, 0.717) is 0 Å². The molecule has 2 aromatic rings. The Morgan fingerprint density at radius 2 is 1.38 bits per heavy atom. The molecule has 2 aromatic carbocycles. The van der Waals surface area contributed by atoms with Crippen LogP contribution < -0.4 is 0 Å².